The fraction of sp³-hybridized carbons (Fsp3) is 0.125. The molecule has 1 aromatic carbocycles. The molecule has 0 aliphatic rings. The van der Waals surface area contributed by atoms with Crippen LogP contribution in [0.15, 0.2) is 57.9 Å². The first-order valence-electron chi connectivity index (χ1n) is 6.55. The molecule has 5 heteroatoms. The number of aryl methyl sites for hydroxylation is 1. The van der Waals surface area contributed by atoms with Gasteiger partial charge in [0.05, 0.1) is 12.8 Å². The van der Waals surface area contributed by atoms with E-state index in [2.05, 4.69) is 10.3 Å². The molecule has 0 atom stereocenters. The van der Waals surface area contributed by atoms with E-state index in [9.17, 15) is 4.79 Å². The average molecular weight is 282 g/mol. The number of amides is 1. The van der Waals surface area contributed by atoms with Crippen LogP contribution in [-0.2, 0) is 6.54 Å². The van der Waals surface area contributed by atoms with Gasteiger partial charge in [-0.05, 0) is 25.1 Å². The van der Waals surface area contributed by atoms with E-state index in [1.807, 2.05) is 31.2 Å². The molecule has 0 bridgehead atoms. The molecule has 106 valence electrons. The molecular weight excluding hydrogens is 268 g/mol. The number of benzene rings is 1. The predicted molar refractivity (Wildman–Crippen MR) is 76.6 cm³/mol. The van der Waals surface area contributed by atoms with Crippen LogP contribution in [0.5, 0.6) is 0 Å². The number of oxazole rings is 1. The van der Waals surface area contributed by atoms with Crippen molar-refractivity contribution in [1.29, 1.82) is 0 Å². The fourth-order valence-corrected chi connectivity index (χ4v) is 2.06. The van der Waals surface area contributed by atoms with Crippen LogP contribution in [0.4, 0.5) is 0 Å². The average Bonchev–Trinajstić information content (AvgIpc) is 3.16. The van der Waals surface area contributed by atoms with Gasteiger partial charge in [-0.1, -0.05) is 23.8 Å². The first-order valence-corrected chi connectivity index (χ1v) is 6.55. The van der Waals surface area contributed by atoms with Crippen LogP contribution < -0.4 is 5.32 Å². The third-order valence-corrected chi connectivity index (χ3v) is 3.07. The van der Waals surface area contributed by atoms with Crippen molar-refractivity contribution in [2.45, 2.75) is 13.5 Å². The van der Waals surface area contributed by atoms with Crippen molar-refractivity contribution in [3.63, 3.8) is 0 Å². The Labute approximate surface area is 121 Å². The molecule has 0 aliphatic heterocycles. The van der Waals surface area contributed by atoms with E-state index in [1.54, 1.807) is 18.4 Å². The molecule has 0 spiro atoms. The van der Waals surface area contributed by atoms with Gasteiger partial charge >= 0.3 is 0 Å². The fourth-order valence-electron chi connectivity index (χ4n) is 2.06. The van der Waals surface area contributed by atoms with Crippen molar-refractivity contribution >= 4 is 5.91 Å². The van der Waals surface area contributed by atoms with E-state index >= 15 is 0 Å². The number of furan rings is 1. The molecule has 0 unspecified atom stereocenters. The molecule has 1 N–H and O–H groups in total. The molecule has 0 radical (unpaired) electrons. The van der Waals surface area contributed by atoms with E-state index in [-0.39, 0.29) is 11.6 Å². The summed E-state index contributed by atoms with van der Waals surface area (Å²) in [5.41, 5.74) is 2.19. The lowest BCUT2D eigenvalue weighted by atomic mass is 10.1. The van der Waals surface area contributed by atoms with Crippen molar-refractivity contribution in [2.24, 2.45) is 0 Å². The lowest BCUT2D eigenvalue weighted by molar-refractivity contribution is 0.0944. The minimum absolute atomic E-state index is 0.271. The quantitative estimate of drug-likeness (QED) is 0.798. The van der Waals surface area contributed by atoms with Crippen molar-refractivity contribution < 1.29 is 13.6 Å². The van der Waals surface area contributed by atoms with Crippen LogP contribution in [0.25, 0.3) is 11.3 Å². The van der Waals surface area contributed by atoms with Gasteiger partial charge in [0.2, 0.25) is 0 Å². The Morgan fingerprint density at radius 1 is 1.24 bits per heavy atom. The predicted octanol–water partition coefficient (Wildman–Crippen LogP) is 3.17. The maximum Gasteiger partial charge on any atom is 0.274 e. The first-order chi connectivity index (χ1) is 10.2. The van der Waals surface area contributed by atoms with Crippen molar-refractivity contribution in [3.05, 3.63) is 66.1 Å². The third-order valence-electron chi connectivity index (χ3n) is 3.07. The van der Waals surface area contributed by atoms with Gasteiger partial charge in [0, 0.05) is 5.56 Å². The standard InChI is InChI=1S/C16H14N2O3/c1-11-4-2-5-12(8-11)15-14(18-10-21-15)16(19)17-9-13-6-3-7-20-13/h2-8,10H,9H2,1H3,(H,17,19). The summed E-state index contributed by atoms with van der Waals surface area (Å²) >= 11 is 0. The monoisotopic (exact) mass is 282 g/mol. The van der Waals surface area contributed by atoms with Gasteiger partial charge in [0.1, 0.15) is 5.76 Å². The number of nitrogens with one attached hydrogen (secondary N) is 1. The second-order valence-corrected chi connectivity index (χ2v) is 4.66. The topological polar surface area (TPSA) is 68.3 Å². The Morgan fingerprint density at radius 2 is 2.14 bits per heavy atom. The number of hydrogen-bond donors (Lipinski definition) is 1. The Balaban J connectivity index is 1.80. The van der Waals surface area contributed by atoms with E-state index in [0.29, 0.717) is 18.1 Å². The normalized spacial score (nSPS) is 10.5. The Kier molecular flexibility index (Phi) is 3.55. The summed E-state index contributed by atoms with van der Waals surface area (Å²) in [5, 5.41) is 2.76. The number of aromatic nitrogens is 1. The summed E-state index contributed by atoms with van der Waals surface area (Å²) in [4.78, 5) is 16.2. The van der Waals surface area contributed by atoms with Gasteiger partial charge in [-0.3, -0.25) is 4.79 Å². The van der Waals surface area contributed by atoms with Gasteiger partial charge < -0.3 is 14.2 Å². The summed E-state index contributed by atoms with van der Waals surface area (Å²) in [6, 6.07) is 11.3. The van der Waals surface area contributed by atoms with Crippen LogP contribution in [0, 0.1) is 6.92 Å². The molecule has 3 rings (SSSR count). The maximum absolute atomic E-state index is 12.2. The number of hydrogen-bond acceptors (Lipinski definition) is 4. The van der Waals surface area contributed by atoms with Gasteiger partial charge in [-0.2, -0.15) is 0 Å². The van der Waals surface area contributed by atoms with Crippen LogP contribution in [0.2, 0.25) is 0 Å². The molecule has 0 aliphatic carbocycles. The zero-order valence-electron chi connectivity index (χ0n) is 11.5. The highest BCUT2D eigenvalue weighted by Crippen LogP contribution is 2.23. The second-order valence-electron chi connectivity index (χ2n) is 4.66. The number of rotatable bonds is 4. The second kappa shape index (κ2) is 5.66. The minimum atomic E-state index is -0.295. The molecule has 0 fully saturated rings. The highest BCUT2D eigenvalue weighted by Gasteiger charge is 2.18. The summed E-state index contributed by atoms with van der Waals surface area (Å²) in [6.07, 6.45) is 2.84. The molecule has 2 aromatic heterocycles. The molecule has 0 saturated heterocycles. The zero-order valence-corrected chi connectivity index (χ0v) is 11.5. The smallest absolute Gasteiger partial charge is 0.274 e. The van der Waals surface area contributed by atoms with Crippen molar-refractivity contribution in [2.75, 3.05) is 0 Å². The minimum Gasteiger partial charge on any atom is -0.467 e. The van der Waals surface area contributed by atoms with Crippen molar-refractivity contribution in [1.82, 2.24) is 10.3 Å². The van der Waals surface area contributed by atoms with E-state index in [4.69, 9.17) is 8.83 Å². The van der Waals surface area contributed by atoms with Crippen LogP contribution in [-0.4, -0.2) is 10.9 Å². The zero-order chi connectivity index (χ0) is 14.7. The Hall–Kier alpha value is -2.82. The Bertz CT molecular complexity index is 744. The number of carbonyl (C=O) groups excluding carboxylic acids is 1. The summed E-state index contributed by atoms with van der Waals surface area (Å²) < 4.78 is 10.5. The number of nitrogens with zero attached hydrogens (tertiary/aromatic N) is 1. The van der Waals surface area contributed by atoms with Gasteiger partial charge in [-0.15, -0.1) is 0 Å². The van der Waals surface area contributed by atoms with E-state index in [0.717, 1.165) is 11.1 Å². The molecule has 5 nitrogen and oxygen atoms in total. The van der Waals surface area contributed by atoms with Gasteiger partial charge in [0.25, 0.3) is 5.91 Å². The van der Waals surface area contributed by atoms with E-state index in [1.165, 1.54) is 6.39 Å². The molecule has 0 saturated carbocycles. The summed E-state index contributed by atoms with van der Waals surface area (Å²) in [5.74, 6) is 0.858. The molecule has 2 heterocycles. The highest BCUT2D eigenvalue weighted by atomic mass is 16.3. The van der Waals surface area contributed by atoms with Gasteiger partial charge in [0.15, 0.2) is 17.8 Å². The summed E-state index contributed by atoms with van der Waals surface area (Å²) in [7, 11) is 0. The SMILES string of the molecule is Cc1cccc(-c2ocnc2C(=O)NCc2ccco2)c1. The lowest BCUT2D eigenvalue weighted by Crippen LogP contribution is -2.23. The first kappa shape index (κ1) is 13.2. The van der Waals surface area contributed by atoms with Crippen LogP contribution >= 0.6 is 0 Å². The molecular formula is C16H14N2O3. The third kappa shape index (κ3) is 2.86. The van der Waals surface area contributed by atoms with Crippen molar-refractivity contribution in [3.8, 4) is 11.3 Å². The molecule has 3 aromatic rings. The highest BCUT2D eigenvalue weighted by molar-refractivity contribution is 5.97. The Morgan fingerprint density at radius 3 is 2.90 bits per heavy atom. The van der Waals surface area contributed by atoms with Crippen LogP contribution in [0.1, 0.15) is 21.8 Å². The largest absolute Gasteiger partial charge is 0.467 e. The molecule has 21 heavy (non-hydrogen) atoms. The van der Waals surface area contributed by atoms with Gasteiger partial charge in [-0.25, -0.2) is 4.98 Å². The lowest BCUT2D eigenvalue weighted by Gasteiger charge is -2.03. The molecule has 1 amide bonds. The summed E-state index contributed by atoms with van der Waals surface area (Å²) in [6.45, 7) is 2.29. The van der Waals surface area contributed by atoms with E-state index < -0.39 is 0 Å². The van der Waals surface area contributed by atoms with Crippen LogP contribution in [0.3, 0.4) is 0 Å². The maximum atomic E-state index is 12.2. The number of carbonyl (C=O) groups is 1.